The average molecular weight is 299 g/mol. The summed E-state index contributed by atoms with van der Waals surface area (Å²) < 4.78 is 13.6. The van der Waals surface area contributed by atoms with E-state index in [4.69, 9.17) is 23.8 Å². The van der Waals surface area contributed by atoms with E-state index in [0.29, 0.717) is 21.9 Å². The Morgan fingerprint density at radius 1 is 1.32 bits per heavy atom. The van der Waals surface area contributed by atoms with Gasteiger partial charge in [0.05, 0.1) is 5.69 Å². The molecule has 0 aliphatic heterocycles. The van der Waals surface area contributed by atoms with Gasteiger partial charge in [-0.25, -0.2) is 4.39 Å². The van der Waals surface area contributed by atoms with Crippen LogP contribution < -0.4 is 10.6 Å². The first kappa shape index (κ1) is 13.1. The van der Waals surface area contributed by atoms with Crippen LogP contribution in [0.25, 0.3) is 0 Å². The first-order valence-corrected chi connectivity index (χ1v) is 7.43. The van der Waals surface area contributed by atoms with Crippen molar-refractivity contribution in [1.82, 2.24) is 5.32 Å². The van der Waals surface area contributed by atoms with Crippen LogP contribution in [-0.4, -0.2) is 11.2 Å². The minimum Gasteiger partial charge on any atom is -0.359 e. The predicted octanol–water partition coefficient (Wildman–Crippen LogP) is 3.95. The summed E-state index contributed by atoms with van der Waals surface area (Å²) >= 11 is 11.0. The van der Waals surface area contributed by atoms with Crippen molar-refractivity contribution < 1.29 is 4.39 Å². The van der Waals surface area contributed by atoms with Gasteiger partial charge in [-0.1, -0.05) is 18.0 Å². The van der Waals surface area contributed by atoms with Crippen LogP contribution in [0.2, 0.25) is 5.02 Å². The lowest BCUT2D eigenvalue weighted by atomic mass is 9.96. The second-order valence-corrected chi connectivity index (χ2v) is 6.35. The third-order valence-corrected chi connectivity index (χ3v) is 4.69. The molecule has 0 radical (unpaired) electrons. The molecule has 2 aliphatic rings. The van der Waals surface area contributed by atoms with Crippen LogP contribution in [0.3, 0.4) is 0 Å². The van der Waals surface area contributed by atoms with Gasteiger partial charge in [-0.2, -0.15) is 0 Å². The fourth-order valence-electron chi connectivity index (χ4n) is 3.34. The molecule has 1 aromatic rings. The Labute approximate surface area is 122 Å². The highest BCUT2D eigenvalue weighted by Gasteiger charge is 2.39. The maximum absolute atomic E-state index is 13.6. The second-order valence-electron chi connectivity index (χ2n) is 5.50. The molecule has 1 aromatic carbocycles. The maximum atomic E-state index is 13.6. The molecule has 3 atom stereocenters. The summed E-state index contributed by atoms with van der Waals surface area (Å²) in [5.74, 6) is 1.21. The van der Waals surface area contributed by atoms with Gasteiger partial charge in [0.25, 0.3) is 0 Å². The van der Waals surface area contributed by atoms with Crippen molar-refractivity contribution >= 4 is 34.6 Å². The van der Waals surface area contributed by atoms with E-state index in [9.17, 15) is 4.39 Å². The fraction of sp³-hybridized carbons (Fsp3) is 0.500. The quantitative estimate of drug-likeness (QED) is 0.808. The highest BCUT2D eigenvalue weighted by molar-refractivity contribution is 7.80. The Balaban J connectivity index is 1.59. The van der Waals surface area contributed by atoms with E-state index in [2.05, 4.69) is 10.6 Å². The lowest BCUT2D eigenvalue weighted by molar-refractivity contribution is 0.391. The highest BCUT2D eigenvalue weighted by Crippen LogP contribution is 2.44. The zero-order chi connectivity index (χ0) is 13.4. The molecule has 2 bridgehead atoms. The van der Waals surface area contributed by atoms with Gasteiger partial charge in [-0.15, -0.1) is 0 Å². The van der Waals surface area contributed by atoms with Gasteiger partial charge >= 0.3 is 0 Å². The molecule has 0 spiro atoms. The highest BCUT2D eigenvalue weighted by atomic mass is 35.5. The first-order valence-electron chi connectivity index (χ1n) is 6.64. The third kappa shape index (κ3) is 2.84. The van der Waals surface area contributed by atoms with Crippen molar-refractivity contribution in [3.05, 3.63) is 29.0 Å². The van der Waals surface area contributed by atoms with Crippen LogP contribution in [0.1, 0.15) is 25.7 Å². The number of anilines is 1. The SMILES string of the molecule is Fc1cc(Cl)ccc1NC(=S)N[C@@H]1C[C@H]2CC[C@@H]1C2. The van der Waals surface area contributed by atoms with Crippen molar-refractivity contribution in [3.63, 3.8) is 0 Å². The number of hydrogen-bond acceptors (Lipinski definition) is 1. The number of benzene rings is 1. The Morgan fingerprint density at radius 2 is 2.16 bits per heavy atom. The van der Waals surface area contributed by atoms with E-state index >= 15 is 0 Å². The van der Waals surface area contributed by atoms with Crippen LogP contribution >= 0.6 is 23.8 Å². The van der Waals surface area contributed by atoms with Crippen molar-refractivity contribution in [2.75, 3.05) is 5.32 Å². The van der Waals surface area contributed by atoms with Gasteiger partial charge < -0.3 is 10.6 Å². The molecule has 0 amide bonds. The predicted molar refractivity (Wildman–Crippen MR) is 80.0 cm³/mol. The molecule has 0 unspecified atom stereocenters. The van der Waals surface area contributed by atoms with Crippen molar-refractivity contribution in [2.45, 2.75) is 31.7 Å². The molecule has 2 nitrogen and oxygen atoms in total. The molecule has 2 N–H and O–H groups in total. The van der Waals surface area contributed by atoms with Crippen LogP contribution in [0.4, 0.5) is 10.1 Å². The molecule has 2 aliphatic carbocycles. The number of rotatable bonds is 2. The molecule has 5 heteroatoms. The largest absolute Gasteiger partial charge is 0.359 e. The number of fused-ring (bicyclic) bond motifs is 2. The van der Waals surface area contributed by atoms with E-state index in [0.717, 1.165) is 11.8 Å². The molecule has 0 heterocycles. The van der Waals surface area contributed by atoms with Gasteiger partial charge in [0.15, 0.2) is 5.11 Å². The van der Waals surface area contributed by atoms with Crippen LogP contribution in [0, 0.1) is 17.7 Å². The summed E-state index contributed by atoms with van der Waals surface area (Å²) in [7, 11) is 0. The lowest BCUT2D eigenvalue weighted by Crippen LogP contribution is -2.40. The molecular weight excluding hydrogens is 283 g/mol. The zero-order valence-corrected chi connectivity index (χ0v) is 12.0. The zero-order valence-electron chi connectivity index (χ0n) is 10.5. The molecule has 2 fully saturated rings. The van der Waals surface area contributed by atoms with Gasteiger partial charge in [-0.3, -0.25) is 0 Å². The van der Waals surface area contributed by atoms with E-state index < -0.39 is 0 Å². The topological polar surface area (TPSA) is 24.1 Å². The van der Waals surface area contributed by atoms with E-state index in [-0.39, 0.29) is 5.82 Å². The Morgan fingerprint density at radius 3 is 2.79 bits per heavy atom. The molecular formula is C14H16ClFN2S. The van der Waals surface area contributed by atoms with E-state index in [1.165, 1.54) is 31.7 Å². The summed E-state index contributed by atoms with van der Waals surface area (Å²) in [5, 5.41) is 7.11. The lowest BCUT2D eigenvalue weighted by Gasteiger charge is -2.24. The molecule has 0 aromatic heterocycles. The van der Waals surface area contributed by atoms with Gasteiger partial charge in [0.2, 0.25) is 0 Å². The molecule has 0 saturated heterocycles. The Hall–Kier alpha value is -0.870. The number of nitrogens with one attached hydrogen (secondary N) is 2. The molecule has 19 heavy (non-hydrogen) atoms. The van der Waals surface area contributed by atoms with Gasteiger partial charge in [0, 0.05) is 11.1 Å². The van der Waals surface area contributed by atoms with Gasteiger partial charge in [-0.05, 0) is 61.5 Å². The summed E-state index contributed by atoms with van der Waals surface area (Å²) in [6.07, 6.45) is 5.15. The number of hydrogen-bond donors (Lipinski definition) is 2. The normalized spacial score (nSPS) is 28.4. The number of thiocarbonyl (C=S) groups is 1. The van der Waals surface area contributed by atoms with Crippen LogP contribution in [0.5, 0.6) is 0 Å². The second kappa shape index (κ2) is 5.25. The maximum Gasteiger partial charge on any atom is 0.171 e. The average Bonchev–Trinajstić information content (AvgIpc) is 2.95. The third-order valence-electron chi connectivity index (χ3n) is 4.23. The van der Waals surface area contributed by atoms with Crippen molar-refractivity contribution in [1.29, 1.82) is 0 Å². The van der Waals surface area contributed by atoms with E-state index in [1.54, 1.807) is 12.1 Å². The minimum absolute atomic E-state index is 0.366. The van der Waals surface area contributed by atoms with E-state index in [1.807, 2.05) is 0 Å². The minimum atomic E-state index is -0.385. The summed E-state index contributed by atoms with van der Waals surface area (Å²) in [6.45, 7) is 0. The van der Waals surface area contributed by atoms with Crippen molar-refractivity contribution in [3.8, 4) is 0 Å². The fourth-order valence-corrected chi connectivity index (χ4v) is 3.76. The monoisotopic (exact) mass is 298 g/mol. The smallest absolute Gasteiger partial charge is 0.171 e. The summed E-state index contributed by atoms with van der Waals surface area (Å²) in [5.41, 5.74) is 0.366. The van der Waals surface area contributed by atoms with Crippen molar-refractivity contribution in [2.24, 2.45) is 11.8 Å². The first-order chi connectivity index (χ1) is 9.11. The standard InChI is InChI=1S/C14H16ClFN2S/c15-10-3-4-12(11(16)7-10)17-14(19)18-13-6-8-1-2-9(13)5-8/h3-4,7-9,13H,1-2,5-6H2,(H2,17,18,19)/t8-,9+,13+/m0/s1. The van der Waals surface area contributed by atoms with Gasteiger partial charge in [0.1, 0.15) is 5.82 Å². The summed E-state index contributed by atoms with van der Waals surface area (Å²) in [6, 6.07) is 4.98. The molecule has 3 rings (SSSR count). The Kier molecular flexibility index (Phi) is 3.63. The summed E-state index contributed by atoms with van der Waals surface area (Å²) in [4.78, 5) is 0. The van der Waals surface area contributed by atoms with Crippen LogP contribution in [0.15, 0.2) is 18.2 Å². The molecule has 2 saturated carbocycles. The number of halogens is 2. The van der Waals surface area contributed by atoms with Crippen LogP contribution in [-0.2, 0) is 0 Å². The molecule has 102 valence electrons. The Bertz CT molecular complexity index is 508.